The molecule has 1 heterocycles. The minimum Gasteiger partial charge on any atom is -0.386 e. The zero-order valence-electron chi connectivity index (χ0n) is 14.8. The third-order valence-electron chi connectivity index (χ3n) is 3.47. The van der Waals surface area contributed by atoms with E-state index in [0.717, 1.165) is 4.88 Å². The van der Waals surface area contributed by atoms with Crippen molar-refractivity contribution in [3.63, 3.8) is 0 Å². The van der Waals surface area contributed by atoms with Crippen LogP contribution in [-0.2, 0) is 10.0 Å². The number of nitrogens with zero attached hydrogens (tertiary/aromatic N) is 2. The number of thiophene rings is 1. The van der Waals surface area contributed by atoms with E-state index in [1.165, 1.54) is 15.6 Å². The third kappa shape index (κ3) is 7.91. The lowest BCUT2D eigenvalue weighted by Crippen LogP contribution is -2.39. The number of aliphatic hydroxyl groups excluding tert-OH is 1. The molecule has 144 valence electrons. The molecule has 0 saturated heterocycles. The highest BCUT2D eigenvalue weighted by atomic mass is 35.5. The Hall–Kier alpha value is -0.870. The molecule has 0 aliphatic carbocycles. The van der Waals surface area contributed by atoms with Crippen LogP contribution in [0.4, 0.5) is 0 Å². The number of sulfonamides is 1. The van der Waals surface area contributed by atoms with Gasteiger partial charge in [-0.2, -0.15) is 0 Å². The summed E-state index contributed by atoms with van der Waals surface area (Å²) in [6.07, 6.45) is -0.0442. The average molecular weight is 411 g/mol. The van der Waals surface area contributed by atoms with E-state index in [2.05, 4.69) is 15.6 Å². The van der Waals surface area contributed by atoms with E-state index in [1.54, 1.807) is 26.1 Å². The summed E-state index contributed by atoms with van der Waals surface area (Å²) in [6.45, 7) is 5.52. The molecule has 1 aromatic rings. The Labute approximate surface area is 159 Å². The number of hydrogen-bond donors (Lipinski definition) is 3. The van der Waals surface area contributed by atoms with Gasteiger partial charge in [-0.05, 0) is 32.4 Å². The third-order valence-corrected chi connectivity index (χ3v) is 6.67. The summed E-state index contributed by atoms with van der Waals surface area (Å²) in [4.78, 5) is 5.13. The maximum Gasteiger partial charge on any atom is 0.213 e. The Bertz CT molecular complexity index is 649. The van der Waals surface area contributed by atoms with Crippen LogP contribution in [0.1, 0.15) is 31.2 Å². The van der Waals surface area contributed by atoms with Crippen molar-refractivity contribution >= 4 is 38.9 Å². The first-order valence-corrected chi connectivity index (χ1v) is 11.0. The van der Waals surface area contributed by atoms with Crippen LogP contribution in [-0.4, -0.2) is 62.8 Å². The van der Waals surface area contributed by atoms with Crippen molar-refractivity contribution in [3.8, 4) is 0 Å². The molecule has 1 rings (SSSR count). The molecule has 0 aromatic carbocycles. The molecule has 0 spiro atoms. The Morgan fingerprint density at radius 3 is 2.68 bits per heavy atom. The monoisotopic (exact) mass is 410 g/mol. The molecule has 0 fully saturated rings. The van der Waals surface area contributed by atoms with E-state index in [1.807, 2.05) is 6.92 Å². The summed E-state index contributed by atoms with van der Waals surface area (Å²) in [5, 5.41) is 16.4. The van der Waals surface area contributed by atoms with Gasteiger partial charge in [0, 0.05) is 31.6 Å². The molecule has 3 N–H and O–H groups in total. The van der Waals surface area contributed by atoms with Gasteiger partial charge in [-0.3, -0.25) is 4.99 Å². The van der Waals surface area contributed by atoms with Crippen molar-refractivity contribution in [1.82, 2.24) is 14.9 Å². The molecule has 0 saturated carbocycles. The van der Waals surface area contributed by atoms with Crippen molar-refractivity contribution in [3.05, 3.63) is 21.3 Å². The number of guanidine groups is 1. The van der Waals surface area contributed by atoms with Crippen LogP contribution >= 0.6 is 22.9 Å². The minimum absolute atomic E-state index is 0.103. The second-order valence-corrected chi connectivity index (χ2v) is 9.49. The van der Waals surface area contributed by atoms with Crippen molar-refractivity contribution in [2.24, 2.45) is 4.99 Å². The number of aliphatic imine (C=N–C) groups is 1. The molecular weight excluding hydrogens is 384 g/mol. The molecule has 0 aliphatic rings. The first kappa shape index (κ1) is 22.2. The molecule has 10 heteroatoms. The summed E-state index contributed by atoms with van der Waals surface area (Å²) < 4.78 is 25.4. The molecule has 0 radical (unpaired) electrons. The van der Waals surface area contributed by atoms with Gasteiger partial charge in [-0.25, -0.2) is 12.7 Å². The Balaban J connectivity index is 2.45. The normalized spacial score (nSPS) is 13.9. The van der Waals surface area contributed by atoms with E-state index in [0.29, 0.717) is 36.4 Å². The maximum atomic E-state index is 11.7. The van der Waals surface area contributed by atoms with Crippen LogP contribution < -0.4 is 10.6 Å². The van der Waals surface area contributed by atoms with Crippen LogP contribution in [0.25, 0.3) is 0 Å². The summed E-state index contributed by atoms with van der Waals surface area (Å²) in [5.41, 5.74) is 0. The van der Waals surface area contributed by atoms with Gasteiger partial charge in [0.05, 0.1) is 16.6 Å². The van der Waals surface area contributed by atoms with E-state index in [9.17, 15) is 13.5 Å². The lowest BCUT2D eigenvalue weighted by atomic mass is 10.3. The van der Waals surface area contributed by atoms with Crippen LogP contribution in [0.3, 0.4) is 0 Å². The fraction of sp³-hybridized carbons (Fsp3) is 0.667. The fourth-order valence-electron chi connectivity index (χ4n) is 1.98. The first-order valence-electron chi connectivity index (χ1n) is 8.19. The van der Waals surface area contributed by atoms with Gasteiger partial charge in [-0.15, -0.1) is 11.3 Å². The van der Waals surface area contributed by atoms with Crippen LogP contribution in [0.5, 0.6) is 0 Å². The maximum absolute atomic E-state index is 11.7. The zero-order chi connectivity index (χ0) is 18.9. The first-order chi connectivity index (χ1) is 11.8. The molecule has 1 unspecified atom stereocenters. The number of aliphatic hydroxyl groups is 1. The molecule has 7 nitrogen and oxygen atoms in total. The van der Waals surface area contributed by atoms with Crippen molar-refractivity contribution < 1.29 is 13.5 Å². The second-order valence-electron chi connectivity index (χ2n) is 5.38. The highest BCUT2D eigenvalue weighted by Gasteiger charge is 2.14. The average Bonchev–Trinajstić information content (AvgIpc) is 3.02. The largest absolute Gasteiger partial charge is 0.386 e. The summed E-state index contributed by atoms with van der Waals surface area (Å²) in [7, 11) is -1.56. The number of nitrogens with one attached hydrogen (secondary N) is 2. The summed E-state index contributed by atoms with van der Waals surface area (Å²) >= 11 is 7.20. The fourth-order valence-corrected chi connectivity index (χ4v) is 3.87. The van der Waals surface area contributed by atoms with E-state index in [-0.39, 0.29) is 12.3 Å². The Morgan fingerprint density at radius 1 is 1.40 bits per heavy atom. The summed E-state index contributed by atoms with van der Waals surface area (Å²) in [6, 6.07) is 3.54. The van der Waals surface area contributed by atoms with E-state index >= 15 is 0 Å². The number of halogens is 1. The van der Waals surface area contributed by atoms with Crippen LogP contribution in [0.2, 0.25) is 4.34 Å². The van der Waals surface area contributed by atoms with Crippen molar-refractivity contribution in [2.75, 3.05) is 39.0 Å². The van der Waals surface area contributed by atoms with Crippen molar-refractivity contribution in [1.29, 1.82) is 0 Å². The number of rotatable bonds is 10. The molecule has 1 atom stereocenters. The SMILES string of the molecule is CCNC(=NCC(O)c1ccc(Cl)s1)NCCCN(C)S(=O)(=O)CC. The highest BCUT2D eigenvalue weighted by Crippen LogP contribution is 2.26. The van der Waals surface area contributed by atoms with Crippen LogP contribution in [0, 0.1) is 0 Å². The number of hydrogen-bond acceptors (Lipinski definition) is 5. The van der Waals surface area contributed by atoms with Gasteiger partial charge in [0.1, 0.15) is 6.10 Å². The van der Waals surface area contributed by atoms with Crippen LogP contribution in [0.15, 0.2) is 17.1 Å². The van der Waals surface area contributed by atoms with Gasteiger partial charge in [0.2, 0.25) is 10.0 Å². The Morgan fingerprint density at radius 2 is 2.12 bits per heavy atom. The smallest absolute Gasteiger partial charge is 0.213 e. The quantitative estimate of drug-likeness (QED) is 0.310. The molecule has 0 bridgehead atoms. The predicted octanol–water partition coefficient (Wildman–Crippen LogP) is 1.66. The molecular formula is C15H27ClN4O3S2. The predicted molar refractivity (Wildman–Crippen MR) is 105 cm³/mol. The highest BCUT2D eigenvalue weighted by molar-refractivity contribution is 7.89. The lowest BCUT2D eigenvalue weighted by Gasteiger charge is -2.17. The second kappa shape index (κ2) is 11.0. The molecule has 0 aliphatic heterocycles. The van der Waals surface area contributed by atoms with E-state index in [4.69, 9.17) is 11.6 Å². The van der Waals surface area contributed by atoms with Gasteiger partial charge < -0.3 is 15.7 Å². The topological polar surface area (TPSA) is 94.0 Å². The van der Waals surface area contributed by atoms with Gasteiger partial charge in [0.15, 0.2) is 5.96 Å². The van der Waals surface area contributed by atoms with Gasteiger partial charge >= 0.3 is 0 Å². The lowest BCUT2D eigenvalue weighted by molar-refractivity contribution is 0.191. The molecule has 1 aromatic heterocycles. The van der Waals surface area contributed by atoms with E-state index < -0.39 is 16.1 Å². The summed E-state index contributed by atoms with van der Waals surface area (Å²) in [5.74, 6) is 0.691. The molecule has 25 heavy (non-hydrogen) atoms. The standard InChI is InChI=1S/C15H27ClN4O3S2/c1-4-17-15(18-9-6-10-20(3)25(22,23)5-2)19-11-12(21)13-7-8-14(16)24-13/h7-8,12,21H,4-6,9-11H2,1-3H3,(H2,17,18,19). The van der Waals surface area contributed by atoms with Crippen molar-refractivity contribution in [2.45, 2.75) is 26.4 Å². The minimum atomic E-state index is -3.14. The van der Waals surface area contributed by atoms with Gasteiger partial charge in [0.25, 0.3) is 0 Å². The zero-order valence-corrected chi connectivity index (χ0v) is 17.2. The molecule has 0 amide bonds. The van der Waals surface area contributed by atoms with Gasteiger partial charge in [-0.1, -0.05) is 11.6 Å². The Kier molecular flexibility index (Phi) is 9.73.